The first-order valence-electron chi connectivity index (χ1n) is 18.1. The van der Waals surface area contributed by atoms with Gasteiger partial charge in [0.1, 0.15) is 42.5 Å². The van der Waals surface area contributed by atoms with Crippen LogP contribution in [0.15, 0.2) is 91.1 Å². The van der Waals surface area contributed by atoms with E-state index in [0.717, 1.165) is 38.4 Å². The van der Waals surface area contributed by atoms with Crippen LogP contribution in [0.4, 0.5) is 4.79 Å². The van der Waals surface area contributed by atoms with E-state index in [0.29, 0.717) is 51.0 Å². The first kappa shape index (κ1) is 39.3. The number of nitrogens with one attached hydrogen (secondary N) is 1. The van der Waals surface area contributed by atoms with E-state index in [1.54, 1.807) is 60.8 Å². The van der Waals surface area contributed by atoms with Gasteiger partial charge in [-0.25, -0.2) is 9.59 Å². The molecule has 57 heavy (non-hydrogen) atoms. The molecule has 5 aromatic rings. The molecule has 7 rings (SSSR count). The van der Waals surface area contributed by atoms with Gasteiger partial charge >= 0.3 is 12.1 Å². The Bertz CT molecular complexity index is 2300. The lowest BCUT2D eigenvalue weighted by molar-refractivity contribution is -0.145. The molecule has 0 spiro atoms. The summed E-state index contributed by atoms with van der Waals surface area (Å²) in [6, 6.07) is 23.1. The Balaban J connectivity index is 0.998. The number of amides is 2. The Kier molecular flexibility index (Phi) is 11.7. The zero-order valence-corrected chi connectivity index (χ0v) is 32.8. The van der Waals surface area contributed by atoms with Crippen LogP contribution in [0.1, 0.15) is 45.2 Å². The molecule has 0 aliphatic carbocycles. The quantitative estimate of drug-likeness (QED) is 0.125. The van der Waals surface area contributed by atoms with Crippen molar-refractivity contribution >= 4 is 41.2 Å². The molecule has 2 aliphatic rings. The largest absolute Gasteiger partial charge is 0.489 e. The van der Waals surface area contributed by atoms with Crippen molar-refractivity contribution in [2.75, 3.05) is 13.7 Å². The lowest BCUT2D eigenvalue weighted by Crippen LogP contribution is -2.55. The number of hydrogen-bond acceptors (Lipinski definition) is 9. The molecule has 4 aromatic carbocycles. The smallest absolute Gasteiger partial charge is 0.408 e. The number of carbonyl (C=O) groups excluding carboxylic acids is 2. The van der Waals surface area contributed by atoms with Crippen LogP contribution in [-0.2, 0) is 40.3 Å². The summed E-state index contributed by atoms with van der Waals surface area (Å²) in [7, 11) is 1.23. The van der Waals surface area contributed by atoms with E-state index >= 15 is 0 Å². The van der Waals surface area contributed by atoms with E-state index in [1.165, 1.54) is 7.11 Å². The first-order chi connectivity index (χ1) is 27.4. The number of carbonyl (C=O) groups is 3. The van der Waals surface area contributed by atoms with Crippen LogP contribution < -0.4 is 24.3 Å². The summed E-state index contributed by atoms with van der Waals surface area (Å²) < 4.78 is 29.4. The zero-order chi connectivity index (χ0) is 40.2. The monoisotopic (exact) mass is 811 g/mol. The second-order valence-corrected chi connectivity index (χ2v) is 14.6. The Morgan fingerprint density at radius 1 is 0.912 bits per heavy atom. The normalized spacial score (nSPS) is 16.2. The van der Waals surface area contributed by atoms with Crippen molar-refractivity contribution in [3.05, 3.63) is 140 Å². The van der Waals surface area contributed by atoms with Crippen LogP contribution >= 0.6 is 23.2 Å². The molecule has 3 atom stereocenters. The second kappa shape index (κ2) is 17.0. The number of nitrogens with zero attached hydrogens (tertiary/aromatic N) is 2. The molecule has 0 fully saturated rings. The Labute approximate surface area is 339 Å². The maximum Gasteiger partial charge on any atom is 0.408 e. The summed E-state index contributed by atoms with van der Waals surface area (Å²) in [5.41, 5.74) is 5.69. The fourth-order valence-electron chi connectivity index (χ4n) is 6.71. The maximum absolute atomic E-state index is 13.8. The van der Waals surface area contributed by atoms with Gasteiger partial charge in [0, 0.05) is 30.3 Å². The third-order valence-electron chi connectivity index (χ3n) is 10.0. The number of benzene rings is 4. The molecule has 2 aliphatic heterocycles. The van der Waals surface area contributed by atoms with E-state index in [1.807, 2.05) is 44.2 Å². The van der Waals surface area contributed by atoms with E-state index < -0.39 is 36.2 Å². The summed E-state index contributed by atoms with van der Waals surface area (Å²) in [5.74, 6) is 1.60. The number of ether oxygens (including phenoxy) is 5. The molecule has 12 nitrogen and oxygen atoms in total. The van der Waals surface area contributed by atoms with E-state index in [2.05, 4.69) is 10.3 Å². The summed E-state index contributed by atoms with van der Waals surface area (Å²) in [5, 5.41) is 13.9. The molecular formula is C43H39Cl2N3O9. The molecule has 0 radical (unpaired) electrons. The van der Waals surface area contributed by atoms with Crippen molar-refractivity contribution in [2.24, 2.45) is 0 Å². The van der Waals surface area contributed by atoms with Crippen LogP contribution in [0, 0.1) is 13.8 Å². The molecule has 0 saturated carbocycles. The minimum atomic E-state index is -1.28. The second-order valence-electron chi connectivity index (χ2n) is 13.8. The fraction of sp³-hybridized carbons (Fsp3) is 0.256. The highest BCUT2D eigenvalue weighted by atomic mass is 35.5. The number of hydrogen-bond donors (Lipinski definition) is 2. The molecule has 14 heteroatoms. The Morgan fingerprint density at radius 3 is 2.35 bits per heavy atom. The van der Waals surface area contributed by atoms with Crippen LogP contribution in [-0.4, -0.2) is 58.8 Å². The molecule has 0 saturated heterocycles. The number of esters is 1. The Morgan fingerprint density at radius 2 is 1.63 bits per heavy atom. The molecule has 3 heterocycles. The highest BCUT2D eigenvalue weighted by Gasteiger charge is 2.38. The van der Waals surface area contributed by atoms with Crippen molar-refractivity contribution in [3.63, 3.8) is 0 Å². The fourth-order valence-corrected chi connectivity index (χ4v) is 7.03. The standard InChI is InChI=1S/C43H39Cl2N3O9/c1-24-25(2)46-15-14-37(24)56-32-9-4-26(5-10-32)17-35(42(50)53-3)47-41(49)36-18-29-19-38-39(20-30(29)21-48(36)43(51)52)57-40(23-55-38)28-7-11-31(12-8-28)54-22-27-6-13-33(44)34(45)16-27/h4-16,19-20,35-36,40H,17-18,21-23H2,1-3H3,(H,47,49)(H,51,52)/t35-,36-,40+/m0/s1. The number of pyridine rings is 1. The number of fused-ring (bicyclic) bond motifs is 2. The van der Waals surface area contributed by atoms with Gasteiger partial charge in [0.05, 0.1) is 23.7 Å². The Hall–Kier alpha value is -5.98. The topological polar surface area (TPSA) is 146 Å². The van der Waals surface area contributed by atoms with E-state index in [4.69, 9.17) is 46.9 Å². The van der Waals surface area contributed by atoms with Crippen molar-refractivity contribution in [1.29, 1.82) is 0 Å². The minimum Gasteiger partial charge on any atom is -0.489 e. The predicted molar refractivity (Wildman–Crippen MR) is 211 cm³/mol. The number of methoxy groups -OCH3 is 1. The highest BCUT2D eigenvalue weighted by Crippen LogP contribution is 2.41. The number of carboxylic acid groups (broad SMARTS) is 1. The summed E-state index contributed by atoms with van der Waals surface area (Å²) in [6.07, 6.45) is 0.145. The average Bonchev–Trinajstić information content (AvgIpc) is 3.21. The van der Waals surface area contributed by atoms with Crippen LogP contribution in [0.3, 0.4) is 0 Å². The van der Waals surface area contributed by atoms with Crippen LogP contribution in [0.25, 0.3) is 0 Å². The minimum absolute atomic E-state index is 0.0606. The van der Waals surface area contributed by atoms with E-state index in [9.17, 15) is 19.5 Å². The SMILES string of the molecule is COC(=O)[C@H](Cc1ccc(Oc2ccnc(C)c2C)cc1)NC(=O)[C@@H]1Cc2cc3c(cc2CN1C(=O)O)O[C@@H](c1ccc(OCc2ccc(Cl)c(Cl)c2)cc1)CO3. The third kappa shape index (κ3) is 9.03. The highest BCUT2D eigenvalue weighted by molar-refractivity contribution is 6.42. The summed E-state index contributed by atoms with van der Waals surface area (Å²) >= 11 is 12.1. The van der Waals surface area contributed by atoms with Gasteiger partial charge in [0.2, 0.25) is 5.91 Å². The number of aryl methyl sites for hydroxylation is 1. The lowest BCUT2D eigenvalue weighted by Gasteiger charge is -2.36. The average molecular weight is 813 g/mol. The van der Waals surface area contributed by atoms with Gasteiger partial charge in [-0.05, 0) is 96.3 Å². The van der Waals surface area contributed by atoms with Gasteiger partial charge in [0.15, 0.2) is 17.6 Å². The van der Waals surface area contributed by atoms with E-state index in [-0.39, 0.29) is 26.0 Å². The van der Waals surface area contributed by atoms with Gasteiger partial charge in [-0.2, -0.15) is 0 Å². The van der Waals surface area contributed by atoms with Crippen LogP contribution in [0.2, 0.25) is 10.0 Å². The lowest BCUT2D eigenvalue weighted by atomic mass is 9.92. The third-order valence-corrected chi connectivity index (χ3v) is 10.8. The van der Waals surface area contributed by atoms with Gasteiger partial charge in [-0.15, -0.1) is 0 Å². The maximum atomic E-state index is 13.8. The molecule has 294 valence electrons. The number of halogens is 2. The zero-order valence-electron chi connectivity index (χ0n) is 31.3. The summed E-state index contributed by atoms with van der Waals surface area (Å²) in [6.45, 7) is 4.31. The first-order valence-corrected chi connectivity index (χ1v) is 18.9. The van der Waals surface area contributed by atoms with Crippen molar-refractivity contribution in [3.8, 4) is 28.7 Å². The van der Waals surface area contributed by atoms with Gasteiger partial charge in [-0.3, -0.25) is 14.7 Å². The van der Waals surface area contributed by atoms with Gasteiger partial charge < -0.3 is 34.1 Å². The van der Waals surface area contributed by atoms with Crippen LogP contribution in [0.5, 0.6) is 28.7 Å². The molecule has 2 amide bonds. The molecule has 0 bridgehead atoms. The molecular weight excluding hydrogens is 773 g/mol. The molecule has 2 N–H and O–H groups in total. The number of aromatic nitrogens is 1. The summed E-state index contributed by atoms with van der Waals surface area (Å²) in [4.78, 5) is 44.5. The molecule has 0 unspecified atom stereocenters. The predicted octanol–water partition coefficient (Wildman–Crippen LogP) is 8.19. The van der Waals surface area contributed by atoms with Crippen molar-refractivity contribution in [1.82, 2.24) is 15.2 Å². The molecule has 1 aromatic heterocycles. The van der Waals surface area contributed by atoms with Crippen molar-refractivity contribution in [2.45, 2.75) is 58.0 Å². The van der Waals surface area contributed by atoms with Gasteiger partial charge in [0.25, 0.3) is 0 Å². The number of rotatable bonds is 11. The van der Waals surface area contributed by atoms with Gasteiger partial charge in [-0.1, -0.05) is 53.5 Å². The van der Waals surface area contributed by atoms with Crippen molar-refractivity contribution < 1.29 is 43.2 Å².